The second-order valence-electron chi connectivity index (χ2n) is 6.70. The Hall–Kier alpha value is -2.32. The Morgan fingerprint density at radius 2 is 2.18 bits per heavy atom. The highest BCUT2D eigenvalue weighted by Crippen LogP contribution is 2.18. The van der Waals surface area contributed by atoms with Gasteiger partial charge in [-0.05, 0) is 18.6 Å². The molecular weight excluding hydrogens is 360 g/mol. The maximum Gasteiger partial charge on any atom is 0.221 e. The number of hydrogen-bond donors (Lipinski definition) is 2. The molecular formula is C20H32N4O4. The number of carbonyl (C=O) groups excluding carboxylic acids is 1. The molecule has 1 aromatic carbocycles. The van der Waals surface area contributed by atoms with Gasteiger partial charge in [0.1, 0.15) is 12.4 Å². The van der Waals surface area contributed by atoms with Gasteiger partial charge in [-0.3, -0.25) is 9.79 Å². The molecule has 1 heterocycles. The van der Waals surface area contributed by atoms with Crippen LogP contribution in [0.5, 0.6) is 5.75 Å². The van der Waals surface area contributed by atoms with Crippen molar-refractivity contribution < 1.29 is 19.0 Å². The van der Waals surface area contributed by atoms with Crippen LogP contribution in [0.25, 0.3) is 0 Å². The Morgan fingerprint density at radius 3 is 2.93 bits per heavy atom. The summed E-state index contributed by atoms with van der Waals surface area (Å²) >= 11 is 0. The normalized spacial score (nSPS) is 16.9. The molecule has 156 valence electrons. The number of nitrogens with one attached hydrogen (secondary N) is 2. The van der Waals surface area contributed by atoms with Gasteiger partial charge in [-0.2, -0.15) is 0 Å². The Morgan fingerprint density at radius 1 is 1.32 bits per heavy atom. The van der Waals surface area contributed by atoms with Gasteiger partial charge in [0.2, 0.25) is 5.91 Å². The summed E-state index contributed by atoms with van der Waals surface area (Å²) in [6, 6.07) is 7.36. The van der Waals surface area contributed by atoms with Crippen molar-refractivity contribution >= 4 is 17.6 Å². The van der Waals surface area contributed by atoms with Crippen LogP contribution in [0.15, 0.2) is 29.3 Å². The summed E-state index contributed by atoms with van der Waals surface area (Å²) in [4.78, 5) is 17.8. The summed E-state index contributed by atoms with van der Waals surface area (Å²) in [6.45, 7) is 6.56. The third-order valence-corrected chi connectivity index (χ3v) is 4.39. The Labute approximate surface area is 167 Å². The predicted octanol–water partition coefficient (Wildman–Crippen LogP) is 1.58. The molecule has 0 aliphatic carbocycles. The minimum atomic E-state index is -0.101. The van der Waals surface area contributed by atoms with Crippen LogP contribution in [-0.2, 0) is 14.3 Å². The minimum Gasteiger partial charge on any atom is -0.492 e. The molecule has 1 atom stereocenters. The summed E-state index contributed by atoms with van der Waals surface area (Å²) < 4.78 is 16.4. The number of methoxy groups -OCH3 is 1. The average Bonchev–Trinajstić information content (AvgIpc) is 3.14. The smallest absolute Gasteiger partial charge is 0.221 e. The van der Waals surface area contributed by atoms with E-state index in [0.717, 1.165) is 43.5 Å². The maximum absolute atomic E-state index is 11.1. The molecule has 2 N–H and O–H groups in total. The third kappa shape index (κ3) is 7.74. The fraction of sp³-hybridized carbons (Fsp3) is 0.600. The zero-order valence-electron chi connectivity index (χ0n) is 17.1. The van der Waals surface area contributed by atoms with E-state index in [4.69, 9.17) is 14.2 Å². The zero-order chi connectivity index (χ0) is 20.2. The van der Waals surface area contributed by atoms with Gasteiger partial charge in [0.15, 0.2) is 5.96 Å². The number of nitrogens with zero attached hydrogens (tertiary/aromatic N) is 2. The summed E-state index contributed by atoms with van der Waals surface area (Å²) in [5.41, 5.74) is 0.726. The van der Waals surface area contributed by atoms with Crippen LogP contribution in [-0.4, -0.2) is 77.0 Å². The lowest BCUT2D eigenvalue weighted by atomic mass is 10.1. The molecule has 0 spiro atoms. The van der Waals surface area contributed by atoms with E-state index >= 15 is 0 Å². The highest BCUT2D eigenvalue weighted by Gasteiger charge is 2.24. The number of hydrogen-bond acceptors (Lipinski definition) is 5. The summed E-state index contributed by atoms with van der Waals surface area (Å²) in [6.07, 6.45) is 1.10. The first-order valence-electron chi connectivity index (χ1n) is 9.65. The Kier molecular flexibility index (Phi) is 9.57. The first-order chi connectivity index (χ1) is 13.6. The Balaban J connectivity index is 1.68. The fourth-order valence-corrected chi connectivity index (χ4v) is 3.08. The number of likely N-dealkylation sites (tertiary alicyclic amines) is 1. The predicted molar refractivity (Wildman–Crippen MR) is 110 cm³/mol. The maximum atomic E-state index is 11.1. The fourth-order valence-electron chi connectivity index (χ4n) is 3.08. The summed E-state index contributed by atoms with van der Waals surface area (Å²) in [7, 11) is 3.47. The first-order valence-corrected chi connectivity index (χ1v) is 9.65. The van der Waals surface area contributed by atoms with Crippen LogP contribution in [0.2, 0.25) is 0 Å². The van der Waals surface area contributed by atoms with Gasteiger partial charge in [-0.25, -0.2) is 0 Å². The van der Waals surface area contributed by atoms with Crippen molar-refractivity contribution in [1.29, 1.82) is 0 Å². The molecule has 28 heavy (non-hydrogen) atoms. The van der Waals surface area contributed by atoms with Crippen molar-refractivity contribution in [1.82, 2.24) is 10.2 Å². The molecule has 2 rings (SSSR count). The van der Waals surface area contributed by atoms with Crippen LogP contribution < -0.4 is 15.4 Å². The van der Waals surface area contributed by atoms with E-state index in [0.29, 0.717) is 32.3 Å². The van der Waals surface area contributed by atoms with Gasteiger partial charge in [0.05, 0.1) is 26.4 Å². The largest absolute Gasteiger partial charge is 0.492 e. The lowest BCUT2D eigenvalue weighted by Gasteiger charge is -2.22. The SMILES string of the molecule is CN=C(NCCOc1cccc(NC(C)=O)c1)N1CCC(COCCOC)C1. The lowest BCUT2D eigenvalue weighted by molar-refractivity contribution is -0.114. The molecule has 0 aromatic heterocycles. The van der Waals surface area contributed by atoms with E-state index in [9.17, 15) is 4.79 Å². The minimum absolute atomic E-state index is 0.101. The molecule has 1 unspecified atom stereocenters. The number of carbonyl (C=O) groups is 1. The van der Waals surface area contributed by atoms with Crippen molar-refractivity contribution in [2.24, 2.45) is 10.9 Å². The quantitative estimate of drug-likeness (QED) is 0.357. The van der Waals surface area contributed by atoms with Gasteiger partial charge >= 0.3 is 0 Å². The molecule has 1 aliphatic heterocycles. The van der Waals surface area contributed by atoms with Crippen molar-refractivity contribution in [3.63, 3.8) is 0 Å². The van der Waals surface area contributed by atoms with Gasteiger partial charge in [0, 0.05) is 51.8 Å². The molecule has 1 saturated heterocycles. The van der Waals surface area contributed by atoms with Gasteiger partial charge in [-0.15, -0.1) is 0 Å². The van der Waals surface area contributed by atoms with Crippen molar-refractivity contribution in [3.05, 3.63) is 24.3 Å². The second kappa shape index (κ2) is 12.2. The number of guanidine groups is 1. The number of rotatable bonds is 10. The van der Waals surface area contributed by atoms with Crippen molar-refractivity contribution in [2.75, 3.05) is 65.5 Å². The molecule has 0 bridgehead atoms. The monoisotopic (exact) mass is 392 g/mol. The highest BCUT2D eigenvalue weighted by atomic mass is 16.5. The van der Waals surface area contributed by atoms with E-state index in [1.807, 2.05) is 24.3 Å². The summed E-state index contributed by atoms with van der Waals surface area (Å²) in [5, 5.41) is 6.09. The Bertz CT molecular complexity index is 638. The molecule has 0 saturated carbocycles. The summed E-state index contributed by atoms with van der Waals surface area (Å²) in [5.74, 6) is 2.02. The topological polar surface area (TPSA) is 84.4 Å². The van der Waals surface area contributed by atoms with Gasteiger partial charge in [-0.1, -0.05) is 6.07 Å². The number of benzene rings is 1. The van der Waals surface area contributed by atoms with Crippen LogP contribution in [0.4, 0.5) is 5.69 Å². The molecule has 1 fully saturated rings. The first kappa shape index (κ1) is 22.0. The van der Waals surface area contributed by atoms with Gasteiger partial charge in [0.25, 0.3) is 0 Å². The number of aliphatic imine (C=N–C) groups is 1. The molecule has 1 aliphatic rings. The van der Waals surface area contributed by atoms with E-state index < -0.39 is 0 Å². The van der Waals surface area contributed by atoms with E-state index in [1.165, 1.54) is 6.92 Å². The van der Waals surface area contributed by atoms with Crippen molar-refractivity contribution in [2.45, 2.75) is 13.3 Å². The molecule has 8 nitrogen and oxygen atoms in total. The van der Waals surface area contributed by atoms with Crippen LogP contribution in [0, 0.1) is 5.92 Å². The van der Waals surface area contributed by atoms with E-state index in [-0.39, 0.29) is 5.91 Å². The number of ether oxygens (including phenoxy) is 3. The van der Waals surface area contributed by atoms with E-state index in [2.05, 4.69) is 20.5 Å². The van der Waals surface area contributed by atoms with Crippen LogP contribution in [0.3, 0.4) is 0 Å². The molecule has 8 heteroatoms. The molecule has 1 aromatic rings. The lowest BCUT2D eigenvalue weighted by Crippen LogP contribution is -2.41. The van der Waals surface area contributed by atoms with Gasteiger partial charge < -0.3 is 29.7 Å². The van der Waals surface area contributed by atoms with E-state index in [1.54, 1.807) is 14.2 Å². The number of anilines is 1. The zero-order valence-corrected chi connectivity index (χ0v) is 17.1. The third-order valence-electron chi connectivity index (χ3n) is 4.39. The highest BCUT2D eigenvalue weighted by molar-refractivity contribution is 5.88. The van der Waals surface area contributed by atoms with Crippen molar-refractivity contribution in [3.8, 4) is 5.75 Å². The molecule has 1 amide bonds. The van der Waals surface area contributed by atoms with Crippen LogP contribution >= 0.6 is 0 Å². The average molecular weight is 393 g/mol. The number of amides is 1. The second-order valence-corrected chi connectivity index (χ2v) is 6.70. The van der Waals surface area contributed by atoms with Crippen LogP contribution in [0.1, 0.15) is 13.3 Å². The standard InChI is InChI=1S/C20H32N4O4/c1-16(25)23-18-5-4-6-19(13-18)28-10-8-22-20(21-2)24-9-7-17(14-24)15-27-12-11-26-3/h4-6,13,17H,7-12,14-15H2,1-3H3,(H,21,22)(H,23,25). The molecule has 0 radical (unpaired) electrons.